The molecule has 1 amide bonds. The number of Topliss-reactive ketones (excluding diaryl/α,β-unsaturated/α-hetero) is 1. The van der Waals surface area contributed by atoms with Crippen molar-refractivity contribution in [2.24, 2.45) is 0 Å². The summed E-state index contributed by atoms with van der Waals surface area (Å²) in [6, 6.07) is 9.26. The minimum atomic E-state index is -0.750. The normalized spacial score (nSPS) is 15.6. The number of carbonyl (C=O) groups excluding carboxylic acids is 2. The SMILES string of the molecule is CCCCCON(C=O)NC(=S)NC1(C(=O)c2ccccc2)CCCCC1. The molecule has 2 N–H and O–H groups in total. The van der Waals surface area contributed by atoms with Crippen molar-refractivity contribution >= 4 is 29.5 Å². The van der Waals surface area contributed by atoms with Crippen molar-refractivity contribution in [3.63, 3.8) is 0 Å². The summed E-state index contributed by atoms with van der Waals surface area (Å²) in [4.78, 5) is 29.8. The largest absolute Gasteiger partial charge is 0.348 e. The molecular weight excluding hydrogens is 362 g/mol. The number of ketones is 1. The van der Waals surface area contributed by atoms with Gasteiger partial charge in [0, 0.05) is 5.56 Å². The van der Waals surface area contributed by atoms with Crippen molar-refractivity contribution in [3.05, 3.63) is 35.9 Å². The molecule has 0 aromatic heterocycles. The fourth-order valence-electron chi connectivity index (χ4n) is 3.38. The molecule has 27 heavy (non-hydrogen) atoms. The fourth-order valence-corrected chi connectivity index (χ4v) is 3.66. The number of hydrogen-bond acceptors (Lipinski definition) is 4. The Hall–Kier alpha value is -1.99. The maximum absolute atomic E-state index is 13.2. The van der Waals surface area contributed by atoms with E-state index in [1.165, 1.54) is 0 Å². The number of benzene rings is 1. The van der Waals surface area contributed by atoms with E-state index in [0.29, 0.717) is 31.4 Å². The van der Waals surface area contributed by atoms with Crippen LogP contribution in [0.2, 0.25) is 0 Å². The van der Waals surface area contributed by atoms with Crippen LogP contribution in [0.1, 0.15) is 68.6 Å². The lowest BCUT2D eigenvalue weighted by molar-refractivity contribution is -0.184. The van der Waals surface area contributed by atoms with Crippen LogP contribution in [0.25, 0.3) is 0 Å². The smallest absolute Gasteiger partial charge is 0.254 e. The van der Waals surface area contributed by atoms with Crippen LogP contribution in [-0.2, 0) is 9.63 Å². The number of hydrazine groups is 1. The Morgan fingerprint density at radius 2 is 1.93 bits per heavy atom. The van der Waals surface area contributed by atoms with E-state index in [-0.39, 0.29) is 10.9 Å². The molecule has 1 fully saturated rings. The minimum absolute atomic E-state index is 0.0356. The predicted octanol–water partition coefficient (Wildman–Crippen LogP) is 3.53. The lowest BCUT2D eigenvalue weighted by atomic mass is 9.76. The molecule has 0 spiro atoms. The molecule has 1 aliphatic carbocycles. The first-order valence-electron chi connectivity index (χ1n) is 9.67. The monoisotopic (exact) mass is 391 g/mol. The van der Waals surface area contributed by atoms with Gasteiger partial charge in [-0.2, -0.15) is 0 Å². The molecule has 0 heterocycles. The molecule has 1 saturated carbocycles. The summed E-state index contributed by atoms with van der Waals surface area (Å²) in [5, 5.41) is 4.37. The van der Waals surface area contributed by atoms with Gasteiger partial charge in [0.1, 0.15) is 5.54 Å². The lowest BCUT2D eigenvalue weighted by Gasteiger charge is -2.38. The maximum Gasteiger partial charge on any atom is 0.254 e. The van der Waals surface area contributed by atoms with Crippen molar-refractivity contribution in [2.45, 2.75) is 63.8 Å². The van der Waals surface area contributed by atoms with Gasteiger partial charge in [0.05, 0.1) is 6.61 Å². The van der Waals surface area contributed by atoms with Crippen molar-refractivity contribution in [2.75, 3.05) is 6.61 Å². The highest BCUT2D eigenvalue weighted by Gasteiger charge is 2.40. The highest BCUT2D eigenvalue weighted by Crippen LogP contribution is 2.31. The van der Waals surface area contributed by atoms with Gasteiger partial charge in [0.25, 0.3) is 6.41 Å². The van der Waals surface area contributed by atoms with Gasteiger partial charge in [-0.15, -0.1) is 5.17 Å². The van der Waals surface area contributed by atoms with E-state index in [1.807, 2.05) is 30.3 Å². The number of amides is 1. The summed E-state index contributed by atoms with van der Waals surface area (Å²) in [5.74, 6) is 0.0356. The van der Waals surface area contributed by atoms with E-state index in [1.54, 1.807) is 0 Å². The first kappa shape index (κ1) is 21.3. The average Bonchev–Trinajstić information content (AvgIpc) is 2.71. The van der Waals surface area contributed by atoms with Gasteiger partial charge in [0.2, 0.25) is 0 Å². The first-order valence-corrected chi connectivity index (χ1v) is 10.1. The number of rotatable bonds is 10. The van der Waals surface area contributed by atoms with Crippen molar-refractivity contribution < 1.29 is 14.4 Å². The number of hydrogen-bond donors (Lipinski definition) is 2. The molecule has 2 rings (SSSR count). The third kappa shape index (κ3) is 6.29. The summed E-state index contributed by atoms with van der Waals surface area (Å²) in [5.41, 5.74) is 2.65. The van der Waals surface area contributed by atoms with Gasteiger partial charge < -0.3 is 5.32 Å². The zero-order valence-corrected chi connectivity index (χ0v) is 16.7. The van der Waals surface area contributed by atoms with Crippen molar-refractivity contribution in [1.29, 1.82) is 0 Å². The fraction of sp³-hybridized carbons (Fsp3) is 0.550. The Morgan fingerprint density at radius 1 is 1.22 bits per heavy atom. The van der Waals surface area contributed by atoms with Crippen molar-refractivity contribution in [3.8, 4) is 0 Å². The zero-order chi connectivity index (χ0) is 19.5. The Balaban J connectivity index is 2.01. The van der Waals surface area contributed by atoms with E-state index >= 15 is 0 Å². The molecule has 1 aromatic carbocycles. The highest BCUT2D eigenvalue weighted by molar-refractivity contribution is 7.80. The molecule has 148 valence electrons. The molecule has 1 aromatic rings. The molecule has 0 radical (unpaired) electrons. The van der Waals surface area contributed by atoms with E-state index in [2.05, 4.69) is 17.7 Å². The van der Waals surface area contributed by atoms with E-state index in [0.717, 1.165) is 43.7 Å². The second kappa shape index (κ2) is 11.0. The number of nitrogens with one attached hydrogen (secondary N) is 2. The summed E-state index contributed by atoms with van der Waals surface area (Å²) >= 11 is 5.37. The number of nitrogens with zero attached hydrogens (tertiary/aromatic N) is 1. The number of carbonyl (C=O) groups is 2. The molecule has 0 unspecified atom stereocenters. The highest BCUT2D eigenvalue weighted by atomic mass is 32.1. The summed E-state index contributed by atoms with van der Waals surface area (Å²) < 4.78 is 0. The Morgan fingerprint density at radius 3 is 2.56 bits per heavy atom. The van der Waals surface area contributed by atoms with Gasteiger partial charge in [-0.25, -0.2) is 5.43 Å². The number of thiocarbonyl (C=S) groups is 1. The molecule has 1 aliphatic rings. The summed E-state index contributed by atoms with van der Waals surface area (Å²) in [6.07, 6.45) is 7.94. The molecule has 7 heteroatoms. The molecule has 0 saturated heterocycles. The van der Waals surface area contributed by atoms with Crippen LogP contribution in [0.3, 0.4) is 0 Å². The molecule has 0 aliphatic heterocycles. The standard InChI is InChI=1S/C20H29N3O3S/c1-2-3-10-15-26-23(16-24)22-19(27)21-20(13-8-5-9-14-20)18(25)17-11-6-4-7-12-17/h4,6-7,11-12,16H,2-3,5,8-10,13-15H2,1H3,(H2,21,22,27). The Labute approximate surface area is 166 Å². The van der Waals surface area contributed by atoms with Gasteiger partial charge in [0.15, 0.2) is 10.9 Å². The van der Waals surface area contributed by atoms with Crippen LogP contribution in [0.5, 0.6) is 0 Å². The second-order valence-electron chi connectivity index (χ2n) is 6.88. The Bertz CT molecular complexity index is 618. The first-order chi connectivity index (χ1) is 13.1. The number of hydroxylamine groups is 1. The number of unbranched alkanes of at least 4 members (excludes halogenated alkanes) is 2. The van der Waals surface area contributed by atoms with Gasteiger partial charge in [-0.1, -0.05) is 69.4 Å². The van der Waals surface area contributed by atoms with Crippen LogP contribution in [-0.4, -0.2) is 34.6 Å². The van der Waals surface area contributed by atoms with Crippen LogP contribution >= 0.6 is 12.2 Å². The van der Waals surface area contributed by atoms with Crippen LogP contribution < -0.4 is 10.7 Å². The Kier molecular flexibility index (Phi) is 8.67. The minimum Gasteiger partial charge on any atom is -0.348 e. The third-order valence-electron chi connectivity index (χ3n) is 4.82. The van der Waals surface area contributed by atoms with E-state index in [9.17, 15) is 9.59 Å². The maximum atomic E-state index is 13.2. The zero-order valence-electron chi connectivity index (χ0n) is 15.9. The summed E-state index contributed by atoms with van der Waals surface area (Å²) in [6.45, 7) is 2.53. The van der Waals surface area contributed by atoms with Crippen LogP contribution in [0.4, 0.5) is 0 Å². The topological polar surface area (TPSA) is 70.7 Å². The average molecular weight is 392 g/mol. The molecule has 0 atom stereocenters. The van der Waals surface area contributed by atoms with Crippen molar-refractivity contribution in [1.82, 2.24) is 15.9 Å². The second-order valence-corrected chi connectivity index (χ2v) is 7.28. The quantitative estimate of drug-likeness (QED) is 0.209. The van der Waals surface area contributed by atoms with Gasteiger partial charge >= 0.3 is 0 Å². The van der Waals surface area contributed by atoms with Gasteiger partial charge in [-0.3, -0.25) is 14.4 Å². The van der Waals surface area contributed by atoms with Crippen LogP contribution in [0.15, 0.2) is 30.3 Å². The third-order valence-corrected chi connectivity index (χ3v) is 5.01. The molecule has 0 bridgehead atoms. The van der Waals surface area contributed by atoms with E-state index < -0.39 is 5.54 Å². The van der Waals surface area contributed by atoms with E-state index in [4.69, 9.17) is 17.1 Å². The van der Waals surface area contributed by atoms with Crippen LogP contribution in [0, 0.1) is 0 Å². The van der Waals surface area contributed by atoms with Gasteiger partial charge in [-0.05, 0) is 31.5 Å². The predicted molar refractivity (Wildman–Crippen MR) is 109 cm³/mol. The lowest BCUT2D eigenvalue weighted by Crippen LogP contribution is -2.60. The summed E-state index contributed by atoms with van der Waals surface area (Å²) in [7, 11) is 0. The molecule has 6 nitrogen and oxygen atoms in total. The molecular formula is C20H29N3O3S.